The van der Waals surface area contributed by atoms with Crippen molar-refractivity contribution in [1.82, 2.24) is 14.1 Å². The van der Waals surface area contributed by atoms with Crippen LogP contribution in [0.2, 0.25) is 0 Å². The number of pyridine rings is 1. The molecular weight excluding hydrogens is 1230 g/mol. The van der Waals surface area contributed by atoms with Crippen LogP contribution in [0.25, 0.3) is 99.6 Å². The second kappa shape index (κ2) is 22.1. The summed E-state index contributed by atoms with van der Waals surface area (Å²) in [6.45, 7) is 1.67. The van der Waals surface area contributed by atoms with Gasteiger partial charge < -0.3 is 28.4 Å². The van der Waals surface area contributed by atoms with E-state index in [4.69, 9.17) is 41.9 Å². The third kappa shape index (κ3) is 9.17. The zero-order valence-electron chi connectivity index (χ0n) is 64.7. The minimum atomic E-state index is -0.643. The number of fused-ring (bicyclic) bond motifs is 7. The number of anilines is 4. The number of para-hydroxylation sites is 6. The van der Waals surface area contributed by atoms with E-state index in [9.17, 15) is 0 Å². The fourth-order valence-electron chi connectivity index (χ4n) is 11.3. The molecular formula is C78H50N5O2Pt-3. The van der Waals surface area contributed by atoms with Crippen molar-refractivity contribution in [2.75, 3.05) is 9.80 Å². The SMILES string of the molecule is [2H]c1c([2H])c([2H])c(-c2cccc(-c3c([2H])c([2H])c([2H])c([2H])c3[2H])c2Oc2ccnc(-n3c4[c-]c(Oc5[c-]c(N6[CH-]N(c7c(-c8c([2H])c([2H])c([2H])c([2H])c8[2H])cccc7-c7c([2H])c([2H])c([2H])c([2H])c7[2H])c7ccccc76)ccc5)ccc4c4cc(-n5c6ccccc6c6ccccc65)ccc43)c2)c([2H])c1[2H].[Pt]. The van der Waals surface area contributed by atoms with E-state index in [2.05, 4.69) is 47.0 Å². The van der Waals surface area contributed by atoms with Crippen molar-refractivity contribution in [3.63, 3.8) is 0 Å². The summed E-state index contributed by atoms with van der Waals surface area (Å²) in [6, 6.07) is 45.6. The van der Waals surface area contributed by atoms with Gasteiger partial charge in [0, 0.05) is 106 Å². The summed E-state index contributed by atoms with van der Waals surface area (Å²) in [5, 5.41) is 3.58. The molecule has 7 nitrogen and oxygen atoms in total. The topological polar surface area (TPSA) is 47.7 Å². The predicted molar refractivity (Wildman–Crippen MR) is 347 cm³/mol. The van der Waals surface area contributed by atoms with Gasteiger partial charge in [-0.1, -0.05) is 211 Å². The Labute approximate surface area is 540 Å². The van der Waals surface area contributed by atoms with Crippen LogP contribution in [-0.2, 0) is 21.1 Å². The summed E-state index contributed by atoms with van der Waals surface area (Å²) in [5.41, 5.74) is 4.72. The van der Waals surface area contributed by atoms with Crippen LogP contribution in [-0.4, -0.2) is 14.1 Å². The Hall–Kier alpha value is -10.7. The molecule has 0 atom stereocenters. The number of hydrogen-bond acceptors (Lipinski definition) is 5. The molecule has 0 saturated carbocycles. The Balaban J connectivity index is 0.00000900. The molecule has 4 heterocycles. The first-order chi connectivity index (χ1) is 50.4. The maximum atomic E-state index is 9.16. The molecule has 412 valence electrons. The predicted octanol–water partition coefficient (Wildman–Crippen LogP) is 20.5. The Morgan fingerprint density at radius 2 is 0.930 bits per heavy atom. The summed E-state index contributed by atoms with van der Waals surface area (Å²) in [5.74, 6) is 0.577. The van der Waals surface area contributed by atoms with Crippen LogP contribution in [0, 0.1) is 18.8 Å². The molecule has 0 aliphatic carbocycles. The van der Waals surface area contributed by atoms with E-state index in [1.807, 2.05) is 53.1 Å². The van der Waals surface area contributed by atoms with E-state index in [1.54, 1.807) is 77.1 Å². The molecule has 8 heteroatoms. The van der Waals surface area contributed by atoms with Gasteiger partial charge in [-0.2, -0.15) is 12.1 Å². The smallest absolute Gasteiger partial charge is 0.143 e. The Bertz CT molecular complexity index is 5940. The van der Waals surface area contributed by atoms with Crippen molar-refractivity contribution in [2.24, 2.45) is 0 Å². The number of rotatable bonds is 12. The molecule has 15 aromatic rings. The maximum absolute atomic E-state index is 9.16. The molecule has 0 fully saturated rings. The molecule has 16 rings (SSSR count). The zero-order valence-corrected chi connectivity index (χ0v) is 47.0. The molecule has 0 unspecified atom stereocenters. The van der Waals surface area contributed by atoms with E-state index < -0.39 is 121 Å². The van der Waals surface area contributed by atoms with Gasteiger partial charge in [-0.15, -0.1) is 48.1 Å². The van der Waals surface area contributed by atoms with Crippen molar-refractivity contribution >= 4 is 66.4 Å². The molecule has 1 aliphatic rings. The molecule has 0 N–H and O–H groups in total. The van der Waals surface area contributed by atoms with Gasteiger partial charge in [-0.25, -0.2) is 4.98 Å². The average Bonchev–Trinajstić information content (AvgIpc) is 1.29. The fraction of sp³-hybridized carbons (Fsp3) is 0. The molecule has 0 spiro atoms. The molecule has 0 bridgehead atoms. The van der Waals surface area contributed by atoms with E-state index in [-0.39, 0.29) is 100 Å². The molecule has 3 aromatic heterocycles. The monoisotopic (exact) mass is 1300 g/mol. The summed E-state index contributed by atoms with van der Waals surface area (Å²) in [7, 11) is 0. The van der Waals surface area contributed by atoms with Crippen LogP contribution in [0.4, 0.5) is 22.7 Å². The van der Waals surface area contributed by atoms with Gasteiger partial charge in [0.2, 0.25) is 0 Å². The number of aromatic nitrogens is 3. The molecule has 86 heavy (non-hydrogen) atoms. The second-order valence-electron chi connectivity index (χ2n) is 19.7. The Kier molecular flexibility index (Phi) is 8.95. The minimum absolute atomic E-state index is 0. The van der Waals surface area contributed by atoms with Crippen LogP contribution < -0.4 is 19.3 Å². The number of benzene rings is 12. The molecule has 1 aliphatic heterocycles. The fourth-order valence-corrected chi connectivity index (χ4v) is 11.3. The summed E-state index contributed by atoms with van der Waals surface area (Å²) in [4.78, 5) is 8.38. The number of nitrogens with zero attached hydrogens (tertiary/aromatic N) is 5. The van der Waals surface area contributed by atoms with E-state index in [0.717, 1.165) is 32.9 Å². The first-order valence-corrected chi connectivity index (χ1v) is 26.9. The van der Waals surface area contributed by atoms with Gasteiger partial charge in [0.25, 0.3) is 0 Å². The molecule has 0 saturated heterocycles. The Morgan fingerprint density at radius 3 is 1.55 bits per heavy atom. The first-order valence-electron chi connectivity index (χ1n) is 36.9. The van der Waals surface area contributed by atoms with Gasteiger partial charge in [-0.3, -0.25) is 0 Å². The van der Waals surface area contributed by atoms with Crippen LogP contribution in [0.5, 0.6) is 23.0 Å². The number of ether oxygens (including phenoxy) is 2. The molecule has 12 aromatic carbocycles. The van der Waals surface area contributed by atoms with E-state index >= 15 is 0 Å². The molecule has 0 amide bonds. The normalized spacial score (nSPS) is 15.3. The van der Waals surface area contributed by atoms with Crippen LogP contribution in [0.15, 0.2) is 297 Å². The van der Waals surface area contributed by atoms with Crippen molar-refractivity contribution in [3.8, 4) is 79.0 Å². The van der Waals surface area contributed by atoms with Crippen molar-refractivity contribution in [1.29, 1.82) is 0 Å². The third-order valence-electron chi connectivity index (χ3n) is 14.9. The Morgan fingerprint density at radius 1 is 0.407 bits per heavy atom. The van der Waals surface area contributed by atoms with Gasteiger partial charge >= 0.3 is 0 Å². The minimum Gasteiger partial charge on any atom is -0.509 e. The number of hydrogen-bond donors (Lipinski definition) is 0. The van der Waals surface area contributed by atoms with Gasteiger partial charge in [0.1, 0.15) is 17.3 Å². The first kappa shape index (κ1) is 34.8. The van der Waals surface area contributed by atoms with Crippen LogP contribution >= 0.6 is 0 Å². The van der Waals surface area contributed by atoms with Gasteiger partial charge in [0.15, 0.2) is 0 Å². The zero-order chi connectivity index (χ0) is 73.6. The van der Waals surface area contributed by atoms with Crippen molar-refractivity contribution in [2.45, 2.75) is 0 Å². The van der Waals surface area contributed by atoms with Crippen molar-refractivity contribution < 1.29 is 58.0 Å². The standard InChI is InChI=1S/C78H50N5O2.Pt/c1-5-22-53(23-6-1)62-34-20-35-63(54-24-7-2-8-25-54)77(62)81-52-80(73-40-17-18-41-74(73)81)57-30-19-31-59(48-57)84-60-43-44-68-69-49-58(82-70-38-15-13-32-66(70)67-33-14-16-39-71(67)82)42-45-72(69)83(75(68)50-60)76-51-61(46-47-79-76)85-78-64(55-26-9-3-10-27-55)36-21-37-65(78)56-28-11-4-12-29-56;/h1-47,49,51-52H;/q-3;/i1D,2D,3D,4D,5D,6D,7D,8D,9D,10D,11D,12D,22D,23D,24D,25D,26D,27D,28D,29D;. The quantitative estimate of drug-likeness (QED) is 0.114. The van der Waals surface area contributed by atoms with Gasteiger partial charge in [-0.05, 0) is 76.2 Å². The second-order valence-corrected chi connectivity index (χ2v) is 19.7. The van der Waals surface area contributed by atoms with E-state index in [0.29, 0.717) is 33.5 Å². The summed E-state index contributed by atoms with van der Waals surface area (Å²) >= 11 is 0. The van der Waals surface area contributed by atoms with Crippen LogP contribution in [0.3, 0.4) is 0 Å². The molecule has 0 radical (unpaired) electrons. The van der Waals surface area contributed by atoms with Gasteiger partial charge in [0.05, 0.1) is 38.4 Å². The van der Waals surface area contributed by atoms with Crippen molar-refractivity contribution in [3.05, 3.63) is 316 Å². The summed E-state index contributed by atoms with van der Waals surface area (Å²) in [6.07, 6.45) is 1.48. The summed E-state index contributed by atoms with van der Waals surface area (Å²) < 4.78 is 194. The van der Waals surface area contributed by atoms with Crippen LogP contribution in [0.1, 0.15) is 27.4 Å². The third-order valence-corrected chi connectivity index (χ3v) is 14.9. The largest absolute Gasteiger partial charge is 0.509 e. The van der Waals surface area contributed by atoms with E-state index in [1.165, 1.54) is 36.5 Å². The average molecular weight is 1300 g/mol. The maximum Gasteiger partial charge on any atom is 0.143 e.